The minimum atomic E-state index is -4.94. The highest BCUT2D eigenvalue weighted by Gasteiger charge is 2.39. The fourth-order valence-corrected chi connectivity index (χ4v) is 1.87. The zero-order valence-electron chi connectivity index (χ0n) is 13.7. The monoisotopic (exact) mass is 369 g/mol. The molecule has 0 saturated heterocycles. The van der Waals surface area contributed by atoms with E-state index in [2.05, 4.69) is 5.32 Å². The minimum absolute atomic E-state index is 0.293. The van der Waals surface area contributed by atoms with Crippen molar-refractivity contribution in [1.82, 2.24) is 5.32 Å². The molecule has 0 bridgehead atoms. The van der Waals surface area contributed by atoms with Crippen molar-refractivity contribution in [2.75, 3.05) is 6.54 Å². The molecule has 0 fully saturated rings. The lowest BCUT2D eigenvalue weighted by Crippen LogP contribution is -2.32. The molecule has 9 heteroatoms. The molecule has 1 N–H and O–H groups in total. The highest BCUT2D eigenvalue weighted by atomic mass is 19.4. The summed E-state index contributed by atoms with van der Waals surface area (Å²) < 4.78 is 82.6. The third kappa shape index (κ3) is 6.67. The standard InChI is InChI=1S/C16H17F6NO2/c1-14(2,3)25-13(24)23-9-5-6-10-11(15(17,18)19)7-4-8-12(10)16(20,21)22/h4-8H,9H2,1-3H3,(H,23,24). The molecule has 0 radical (unpaired) electrons. The average molecular weight is 369 g/mol. The van der Waals surface area contributed by atoms with Gasteiger partial charge in [-0.05, 0) is 38.5 Å². The zero-order valence-corrected chi connectivity index (χ0v) is 13.7. The number of carbonyl (C=O) groups excluding carboxylic acids is 1. The van der Waals surface area contributed by atoms with E-state index in [1.165, 1.54) is 0 Å². The van der Waals surface area contributed by atoms with Crippen LogP contribution < -0.4 is 5.32 Å². The summed E-state index contributed by atoms with van der Waals surface area (Å²) in [5, 5.41) is 2.22. The number of alkyl carbamates (subject to hydrolysis) is 1. The van der Waals surface area contributed by atoms with Crippen LogP contribution in [-0.2, 0) is 17.1 Å². The number of hydrogen-bond acceptors (Lipinski definition) is 2. The minimum Gasteiger partial charge on any atom is -0.444 e. The summed E-state index contributed by atoms with van der Waals surface area (Å²) in [6.45, 7) is 4.53. The number of ether oxygens (including phenoxy) is 1. The second kappa shape index (κ2) is 7.37. The number of rotatable bonds is 3. The van der Waals surface area contributed by atoms with Gasteiger partial charge in [-0.25, -0.2) is 4.79 Å². The molecule has 0 unspecified atom stereocenters. The predicted molar refractivity (Wildman–Crippen MR) is 79.7 cm³/mol. The fourth-order valence-electron chi connectivity index (χ4n) is 1.87. The molecule has 0 aliphatic heterocycles. The number of hydrogen-bond donors (Lipinski definition) is 1. The van der Waals surface area contributed by atoms with E-state index in [0.717, 1.165) is 6.08 Å². The molecule has 0 aromatic heterocycles. The van der Waals surface area contributed by atoms with Gasteiger partial charge in [-0.3, -0.25) is 0 Å². The molecule has 0 aliphatic carbocycles. The second-order valence-corrected chi connectivity index (χ2v) is 6.05. The number of nitrogens with one attached hydrogen (secondary N) is 1. The summed E-state index contributed by atoms with van der Waals surface area (Å²) in [5.74, 6) is 0. The van der Waals surface area contributed by atoms with E-state index in [9.17, 15) is 31.1 Å². The van der Waals surface area contributed by atoms with Crippen molar-refractivity contribution in [2.24, 2.45) is 0 Å². The van der Waals surface area contributed by atoms with Crippen molar-refractivity contribution in [2.45, 2.75) is 38.7 Å². The number of amides is 1. The van der Waals surface area contributed by atoms with E-state index in [-0.39, 0.29) is 6.54 Å². The molecule has 1 rings (SSSR count). The van der Waals surface area contributed by atoms with Crippen LogP contribution in [0.25, 0.3) is 6.08 Å². The van der Waals surface area contributed by atoms with Crippen molar-refractivity contribution < 1.29 is 35.9 Å². The normalized spacial score (nSPS) is 13.2. The van der Waals surface area contributed by atoms with Gasteiger partial charge in [0.2, 0.25) is 0 Å². The van der Waals surface area contributed by atoms with Crippen LogP contribution in [0.5, 0.6) is 0 Å². The molecule has 1 aromatic rings. The quantitative estimate of drug-likeness (QED) is 0.738. The largest absolute Gasteiger partial charge is 0.444 e. The summed E-state index contributed by atoms with van der Waals surface area (Å²) in [5.41, 5.74) is -4.60. The van der Waals surface area contributed by atoms with Crippen LogP contribution in [0.1, 0.15) is 37.5 Å². The lowest BCUT2D eigenvalue weighted by Gasteiger charge is -2.19. The van der Waals surface area contributed by atoms with Gasteiger partial charge in [-0.1, -0.05) is 18.2 Å². The Morgan fingerprint density at radius 1 is 1.04 bits per heavy atom. The first-order valence-corrected chi connectivity index (χ1v) is 7.12. The summed E-state index contributed by atoms with van der Waals surface area (Å²) in [4.78, 5) is 11.4. The first-order valence-electron chi connectivity index (χ1n) is 7.12. The number of carbonyl (C=O) groups is 1. The molecule has 0 atom stereocenters. The summed E-state index contributed by atoms with van der Waals surface area (Å²) in [7, 11) is 0. The first-order chi connectivity index (χ1) is 11.2. The van der Waals surface area contributed by atoms with E-state index in [0.29, 0.717) is 24.3 Å². The van der Waals surface area contributed by atoms with Gasteiger partial charge in [-0.15, -0.1) is 0 Å². The van der Waals surface area contributed by atoms with E-state index in [4.69, 9.17) is 4.74 Å². The first kappa shape index (κ1) is 20.9. The van der Waals surface area contributed by atoms with Gasteiger partial charge in [0.05, 0.1) is 11.1 Å². The summed E-state index contributed by atoms with van der Waals surface area (Å²) >= 11 is 0. The predicted octanol–water partition coefficient (Wildman–Crippen LogP) is 5.26. The molecular weight excluding hydrogens is 352 g/mol. The van der Waals surface area contributed by atoms with Crippen LogP contribution in [-0.4, -0.2) is 18.2 Å². The van der Waals surface area contributed by atoms with Crippen LogP contribution in [0.15, 0.2) is 24.3 Å². The van der Waals surface area contributed by atoms with Crippen molar-refractivity contribution in [3.63, 3.8) is 0 Å². The average Bonchev–Trinajstić information content (AvgIpc) is 2.39. The van der Waals surface area contributed by atoms with Gasteiger partial charge in [0.15, 0.2) is 0 Å². The molecule has 1 amide bonds. The fraction of sp³-hybridized carbons (Fsp3) is 0.438. The van der Waals surface area contributed by atoms with Gasteiger partial charge >= 0.3 is 18.4 Å². The molecule has 1 aromatic carbocycles. The third-order valence-electron chi connectivity index (χ3n) is 2.76. The molecule has 25 heavy (non-hydrogen) atoms. The Hall–Kier alpha value is -2.19. The highest BCUT2D eigenvalue weighted by molar-refractivity contribution is 5.68. The van der Waals surface area contributed by atoms with E-state index in [1.54, 1.807) is 20.8 Å². The van der Waals surface area contributed by atoms with Crippen LogP contribution in [0.2, 0.25) is 0 Å². The van der Waals surface area contributed by atoms with Crippen LogP contribution in [0, 0.1) is 0 Å². The lowest BCUT2D eigenvalue weighted by molar-refractivity contribution is -0.143. The number of halogens is 6. The van der Waals surface area contributed by atoms with Crippen molar-refractivity contribution in [1.29, 1.82) is 0 Å². The number of benzene rings is 1. The van der Waals surface area contributed by atoms with Gasteiger partial charge in [0, 0.05) is 6.54 Å². The Labute approximate surface area is 140 Å². The summed E-state index contributed by atoms with van der Waals surface area (Å²) in [6.07, 6.45) is -9.05. The Morgan fingerprint density at radius 3 is 1.92 bits per heavy atom. The van der Waals surface area contributed by atoms with Crippen LogP contribution in [0.4, 0.5) is 31.1 Å². The van der Waals surface area contributed by atoms with Gasteiger partial charge in [-0.2, -0.15) is 26.3 Å². The van der Waals surface area contributed by atoms with Crippen molar-refractivity contribution in [3.8, 4) is 0 Å². The van der Waals surface area contributed by atoms with Gasteiger partial charge < -0.3 is 10.1 Å². The molecule has 0 spiro atoms. The Balaban J connectivity index is 3.02. The van der Waals surface area contributed by atoms with Crippen molar-refractivity contribution >= 4 is 12.2 Å². The molecule has 0 heterocycles. The molecule has 3 nitrogen and oxygen atoms in total. The molecular formula is C16H17F6NO2. The van der Waals surface area contributed by atoms with E-state index < -0.39 is 40.7 Å². The topological polar surface area (TPSA) is 38.3 Å². The molecule has 140 valence electrons. The maximum atomic E-state index is 12.9. The van der Waals surface area contributed by atoms with E-state index >= 15 is 0 Å². The van der Waals surface area contributed by atoms with Crippen LogP contribution in [0.3, 0.4) is 0 Å². The van der Waals surface area contributed by atoms with E-state index in [1.807, 2.05) is 0 Å². The van der Waals surface area contributed by atoms with Gasteiger partial charge in [0.1, 0.15) is 5.60 Å². The maximum absolute atomic E-state index is 12.9. The Bertz CT molecular complexity index is 609. The molecule has 0 aliphatic rings. The highest BCUT2D eigenvalue weighted by Crippen LogP contribution is 2.39. The zero-order chi connectivity index (χ0) is 19.5. The van der Waals surface area contributed by atoms with Crippen LogP contribution >= 0.6 is 0 Å². The van der Waals surface area contributed by atoms with Crippen molar-refractivity contribution in [3.05, 3.63) is 41.0 Å². The summed E-state index contributed by atoms with van der Waals surface area (Å²) in [6, 6.07) is 1.83. The third-order valence-corrected chi connectivity index (χ3v) is 2.76. The SMILES string of the molecule is CC(C)(C)OC(=O)NCC=Cc1c(C(F)(F)F)cccc1C(F)(F)F. The Morgan fingerprint density at radius 2 is 1.52 bits per heavy atom. The van der Waals surface area contributed by atoms with Gasteiger partial charge in [0.25, 0.3) is 0 Å². The smallest absolute Gasteiger partial charge is 0.417 e. The lowest BCUT2D eigenvalue weighted by atomic mass is 9.99. The number of alkyl halides is 6. The Kier molecular flexibility index (Phi) is 6.14. The maximum Gasteiger partial charge on any atom is 0.417 e. The molecule has 0 saturated carbocycles. The second-order valence-electron chi connectivity index (χ2n) is 6.05.